The average Bonchev–Trinajstić information content (AvgIpc) is 2.62. The molecule has 0 fully saturated rings. The Kier molecular flexibility index (Phi) is 4.27. The van der Waals surface area contributed by atoms with Gasteiger partial charge in [0.05, 0.1) is 0 Å². The van der Waals surface area contributed by atoms with Crippen LogP contribution in [0.1, 0.15) is 12.5 Å². The molecule has 0 saturated heterocycles. The molecule has 0 aliphatic rings. The minimum absolute atomic E-state index is 0.880. The SMILES string of the molecule is CCc1ccc(P(=O)(c2ccccc2)c2ccccc2)cc1. The zero-order chi connectivity index (χ0) is 15.4. The molecular formula is C20H19OP. The maximum atomic E-state index is 14.0. The Morgan fingerprint density at radius 2 is 1.05 bits per heavy atom. The summed E-state index contributed by atoms with van der Waals surface area (Å²) in [5.41, 5.74) is 1.26. The Hall–Kier alpha value is -2.11. The van der Waals surface area contributed by atoms with Crippen molar-refractivity contribution >= 4 is 23.1 Å². The Morgan fingerprint density at radius 3 is 1.45 bits per heavy atom. The quantitative estimate of drug-likeness (QED) is 0.668. The Morgan fingerprint density at radius 1 is 0.636 bits per heavy atom. The third-order valence-electron chi connectivity index (χ3n) is 3.95. The molecule has 0 aliphatic heterocycles. The van der Waals surface area contributed by atoms with Gasteiger partial charge in [0.15, 0.2) is 7.14 Å². The van der Waals surface area contributed by atoms with E-state index in [2.05, 4.69) is 19.1 Å². The van der Waals surface area contributed by atoms with E-state index in [-0.39, 0.29) is 0 Å². The number of aryl methyl sites for hydroxylation is 1. The van der Waals surface area contributed by atoms with Gasteiger partial charge in [-0.3, -0.25) is 0 Å². The van der Waals surface area contributed by atoms with Crippen molar-refractivity contribution in [1.82, 2.24) is 0 Å². The molecule has 110 valence electrons. The number of benzene rings is 3. The molecule has 3 aromatic carbocycles. The van der Waals surface area contributed by atoms with Crippen molar-refractivity contribution in [3.63, 3.8) is 0 Å². The summed E-state index contributed by atoms with van der Waals surface area (Å²) in [4.78, 5) is 0. The van der Waals surface area contributed by atoms with Crippen LogP contribution in [-0.4, -0.2) is 0 Å². The second kappa shape index (κ2) is 6.34. The standard InChI is InChI=1S/C20H19OP/c1-2-17-13-15-20(16-14-17)22(21,18-9-5-3-6-10-18)19-11-7-4-8-12-19/h3-16H,2H2,1H3. The van der Waals surface area contributed by atoms with E-state index in [1.807, 2.05) is 72.8 Å². The molecule has 22 heavy (non-hydrogen) atoms. The highest BCUT2D eigenvalue weighted by Gasteiger charge is 2.29. The molecule has 0 atom stereocenters. The van der Waals surface area contributed by atoms with Crippen LogP contribution >= 0.6 is 7.14 Å². The predicted molar refractivity (Wildman–Crippen MR) is 95.2 cm³/mol. The summed E-state index contributed by atoms with van der Waals surface area (Å²) in [6.45, 7) is 2.13. The first-order chi connectivity index (χ1) is 10.7. The molecule has 0 bridgehead atoms. The third kappa shape index (κ3) is 2.65. The highest BCUT2D eigenvalue weighted by molar-refractivity contribution is 7.85. The van der Waals surface area contributed by atoms with Gasteiger partial charge in [-0.05, 0) is 12.0 Å². The summed E-state index contributed by atoms with van der Waals surface area (Å²) >= 11 is 0. The lowest BCUT2D eigenvalue weighted by atomic mass is 10.2. The van der Waals surface area contributed by atoms with Crippen molar-refractivity contribution in [2.45, 2.75) is 13.3 Å². The van der Waals surface area contributed by atoms with E-state index in [9.17, 15) is 4.57 Å². The molecule has 3 aromatic rings. The molecule has 0 aromatic heterocycles. The Balaban J connectivity index is 2.21. The van der Waals surface area contributed by atoms with Crippen molar-refractivity contribution in [2.75, 3.05) is 0 Å². The first-order valence-corrected chi connectivity index (χ1v) is 9.26. The second-order valence-electron chi connectivity index (χ2n) is 5.30. The molecule has 0 heterocycles. The fourth-order valence-corrected chi connectivity index (χ4v) is 5.31. The number of hydrogen-bond acceptors (Lipinski definition) is 1. The van der Waals surface area contributed by atoms with Crippen LogP contribution in [0.25, 0.3) is 0 Å². The van der Waals surface area contributed by atoms with Gasteiger partial charge >= 0.3 is 0 Å². The summed E-state index contributed by atoms with van der Waals surface area (Å²) in [7, 11) is -2.81. The van der Waals surface area contributed by atoms with Crippen LogP contribution in [0.2, 0.25) is 0 Å². The fourth-order valence-electron chi connectivity index (χ4n) is 2.66. The first-order valence-electron chi connectivity index (χ1n) is 7.56. The van der Waals surface area contributed by atoms with E-state index >= 15 is 0 Å². The van der Waals surface area contributed by atoms with Crippen molar-refractivity contribution in [3.05, 3.63) is 90.5 Å². The summed E-state index contributed by atoms with van der Waals surface area (Å²) in [6.07, 6.45) is 0.987. The van der Waals surface area contributed by atoms with Crippen LogP contribution in [0, 0.1) is 0 Å². The number of rotatable bonds is 4. The van der Waals surface area contributed by atoms with Gasteiger partial charge in [-0.1, -0.05) is 91.9 Å². The molecule has 3 rings (SSSR count). The van der Waals surface area contributed by atoms with Crippen LogP contribution in [-0.2, 0) is 11.0 Å². The lowest BCUT2D eigenvalue weighted by Gasteiger charge is -2.20. The van der Waals surface area contributed by atoms with Gasteiger partial charge in [-0.2, -0.15) is 0 Å². The van der Waals surface area contributed by atoms with Crippen LogP contribution in [0.4, 0.5) is 0 Å². The monoisotopic (exact) mass is 306 g/mol. The summed E-state index contributed by atoms with van der Waals surface area (Å²) in [5, 5.41) is 2.65. The van der Waals surface area contributed by atoms with E-state index in [0.717, 1.165) is 22.3 Å². The normalized spacial score (nSPS) is 11.3. The molecule has 0 spiro atoms. The van der Waals surface area contributed by atoms with Gasteiger partial charge in [0.25, 0.3) is 0 Å². The van der Waals surface area contributed by atoms with E-state index in [4.69, 9.17) is 0 Å². The van der Waals surface area contributed by atoms with Crippen LogP contribution in [0.15, 0.2) is 84.9 Å². The van der Waals surface area contributed by atoms with Crippen molar-refractivity contribution in [3.8, 4) is 0 Å². The van der Waals surface area contributed by atoms with E-state index in [0.29, 0.717) is 0 Å². The summed E-state index contributed by atoms with van der Waals surface area (Å²) < 4.78 is 14.0. The third-order valence-corrected chi connectivity index (χ3v) is 7.02. The van der Waals surface area contributed by atoms with Gasteiger partial charge in [-0.25, -0.2) is 0 Å². The van der Waals surface area contributed by atoms with Crippen molar-refractivity contribution < 1.29 is 4.57 Å². The molecule has 0 radical (unpaired) electrons. The Bertz CT molecular complexity index is 733. The molecule has 0 saturated carbocycles. The van der Waals surface area contributed by atoms with E-state index in [1.54, 1.807) is 0 Å². The van der Waals surface area contributed by atoms with Gasteiger partial charge in [-0.15, -0.1) is 0 Å². The number of hydrogen-bond donors (Lipinski definition) is 0. The smallest absolute Gasteiger partial charge is 0.171 e. The largest absolute Gasteiger partial charge is 0.309 e. The van der Waals surface area contributed by atoms with E-state index in [1.165, 1.54) is 5.56 Å². The van der Waals surface area contributed by atoms with Crippen LogP contribution < -0.4 is 15.9 Å². The molecule has 0 unspecified atom stereocenters. The molecular weight excluding hydrogens is 287 g/mol. The molecule has 0 aliphatic carbocycles. The lowest BCUT2D eigenvalue weighted by molar-refractivity contribution is 0.592. The van der Waals surface area contributed by atoms with Crippen LogP contribution in [0.3, 0.4) is 0 Å². The topological polar surface area (TPSA) is 17.1 Å². The average molecular weight is 306 g/mol. The minimum atomic E-state index is -2.81. The zero-order valence-corrected chi connectivity index (χ0v) is 13.5. The van der Waals surface area contributed by atoms with Gasteiger partial charge < -0.3 is 4.57 Å². The van der Waals surface area contributed by atoms with Gasteiger partial charge in [0.2, 0.25) is 0 Å². The zero-order valence-electron chi connectivity index (χ0n) is 12.6. The minimum Gasteiger partial charge on any atom is -0.309 e. The fraction of sp³-hybridized carbons (Fsp3) is 0.100. The molecule has 2 heteroatoms. The van der Waals surface area contributed by atoms with Gasteiger partial charge in [0.1, 0.15) is 0 Å². The van der Waals surface area contributed by atoms with Crippen molar-refractivity contribution in [2.24, 2.45) is 0 Å². The second-order valence-corrected chi connectivity index (χ2v) is 8.07. The predicted octanol–water partition coefficient (Wildman–Crippen LogP) is 3.89. The highest BCUT2D eigenvalue weighted by atomic mass is 31.2. The lowest BCUT2D eigenvalue weighted by Crippen LogP contribution is -2.24. The molecule has 0 amide bonds. The Labute approximate surface area is 132 Å². The molecule has 0 N–H and O–H groups in total. The maximum absolute atomic E-state index is 14.0. The van der Waals surface area contributed by atoms with E-state index < -0.39 is 7.14 Å². The molecule has 1 nitrogen and oxygen atoms in total. The first kappa shape index (κ1) is 14.8. The van der Waals surface area contributed by atoms with Crippen molar-refractivity contribution in [1.29, 1.82) is 0 Å². The maximum Gasteiger partial charge on any atom is 0.171 e. The van der Waals surface area contributed by atoms with Gasteiger partial charge in [0, 0.05) is 15.9 Å². The highest BCUT2D eigenvalue weighted by Crippen LogP contribution is 2.42. The van der Waals surface area contributed by atoms with Crippen LogP contribution in [0.5, 0.6) is 0 Å². The summed E-state index contributed by atoms with van der Waals surface area (Å²) in [5.74, 6) is 0. The summed E-state index contributed by atoms with van der Waals surface area (Å²) in [6, 6.07) is 27.7.